The molecule has 0 aliphatic carbocycles. The Morgan fingerprint density at radius 2 is 2.18 bits per heavy atom. The highest BCUT2D eigenvalue weighted by Crippen LogP contribution is 2.11. The molecule has 1 amide bonds. The minimum absolute atomic E-state index is 0.154. The minimum atomic E-state index is -0.205. The van der Waals surface area contributed by atoms with Gasteiger partial charge in [0.25, 0.3) is 5.56 Å². The molecular formula is C20H23N5O3. The summed E-state index contributed by atoms with van der Waals surface area (Å²) in [6, 6.07) is 9.16. The number of amides is 1. The topological polar surface area (TPSA) is 111 Å². The summed E-state index contributed by atoms with van der Waals surface area (Å²) in [5.41, 5.74) is 2.38. The number of aromatic amines is 1. The molecule has 8 heteroatoms. The van der Waals surface area contributed by atoms with Gasteiger partial charge < -0.3 is 15.0 Å². The Morgan fingerprint density at radius 1 is 1.39 bits per heavy atom. The number of nitriles is 1. The van der Waals surface area contributed by atoms with Crippen molar-refractivity contribution in [3.8, 4) is 6.07 Å². The first-order valence-electron chi connectivity index (χ1n) is 9.25. The predicted molar refractivity (Wildman–Crippen MR) is 104 cm³/mol. The number of carbonyl (C=O) groups excluding carboxylic acids is 1. The largest absolute Gasteiger partial charge is 0.378 e. The van der Waals surface area contributed by atoms with Crippen molar-refractivity contribution in [1.29, 1.82) is 5.26 Å². The first-order chi connectivity index (χ1) is 13.6. The van der Waals surface area contributed by atoms with E-state index in [1.165, 1.54) is 0 Å². The van der Waals surface area contributed by atoms with Crippen molar-refractivity contribution in [2.24, 2.45) is 0 Å². The summed E-state index contributed by atoms with van der Waals surface area (Å²) in [5, 5.41) is 11.7. The lowest BCUT2D eigenvalue weighted by Gasteiger charge is -2.27. The zero-order valence-electron chi connectivity index (χ0n) is 15.8. The highest BCUT2D eigenvalue weighted by Gasteiger charge is 2.16. The van der Waals surface area contributed by atoms with E-state index in [2.05, 4.69) is 21.4 Å². The molecule has 0 bridgehead atoms. The van der Waals surface area contributed by atoms with Crippen LogP contribution in [0.4, 0.5) is 5.95 Å². The second-order valence-corrected chi connectivity index (χ2v) is 6.64. The number of carbonyl (C=O) groups is 1. The van der Waals surface area contributed by atoms with Gasteiger partial charge in [0.15, 0.2) is 0 Å². The Morgan fingerprint density at radius 3 is 2.89 bits per heavy atom. The number of nitrogens with one attached hydrogen (secondary N) is 2. The van der Waals surface area contributed by atoms with Crippen molar-refractivity contribution in [3.63, 3.8) is 0 Å². The molecule has 0 unspecified atom stereocenters. The Bertz CT molecular complexity index is 942. The predicted octanol–water partition coefficient (Wildman–Crippen LogP) is 1.04. The van der Waals surface area contributed by atoms with Crippen LogP contribution in [0.25, 0.3) is 0 Å². The summed E-state index contributed by atoms with van der Waals surface area (Å²) < 4.78 is 5.32. The first kappa shape index (κ1) is 19.6. The highest BCUT2D eigenvalue weighted by molar-refractivity contribution is 5.76. The number of ether oxygens (including phenoxy) is 1. The molecule has 1 aliphatic heterocycles. The number of hydrogen-bond donors (Lipinski definition) is 2. The number of morpholine rings is 1. The van der Waals surface area contributed by atoms with Gasteiger partial charge in [0.1, 0.15) is 0 Å². The third-order valence-electron chi connectivity index (χ3n) is 4.67. The van der Waals surface area contributed by atoms with E-state index in [4.69, 9.17) is 10.00 Å². The van der Waals surface area contributed by atoms with E-state index in [1.54, 1.807) is 25.1 Å². The molecule has 1 aliphatic rings. The summed E-state index contributed by atoms with van der Waals surface area (Å²) in [6.45, 7) is 4.75. The smallest absolute Gasteiger partial charge is 0.255 e. The van der Waals surface area contributed by atoms with Gasteiger partial charge in [-0.2, -0.15) is 5.26 Å². The van der Waals surface area contributed by atoms with Crippen LogP contribution in [0, 0.1) is 18.3 Å². The van der Waals surface area contributed by atoms with Gasteiger partial charge in [0.05, 0.1) is 24.8 Å². The Balaban J connectivity index is 1.57. The van der Waals surface area contributed by atoms with Crippen LogP contribution >= 0.6 is 0 Å². The fraction of sp³-hybridized carbons (Fsp3) is 0.400. The number of H-pyrrole nitrogens is 1. The number of benzene rings is 1. The zero-order valence-corrected chi connectivity index (χ0v) is 15.8. The van der Waals surface area contributed by atoms with Crippen molar-refractivity contribution in [2.45, 2.75) is 26.3 Å². The fourth-order valence-electron chi connectivity index (χ4n) is 3.09. The van der Waals surface area contributed by atoms with Gasteiger partial charge in [-0.1, -0.05) is 12.1 Å². The maximum Gasteiger partial charge on any atom is 0.255 e. The molecule has 2 heterocycles. The summed E-state index contributed by atoms with van der Waals surface area (Å²) >= 11 is 0. The average Bonchev–Trinajstić information content (AvgIpc) is 2.72. The molecule has 8 nitrogen and oxygen atoms in total. The monoisotopic (exact) mass is 381 g/mol. The van der Waals surface area contributed by atoms with E-state index in [0.29, 0.717) is 62.0 Å². The van der Waals surface area contributed by atoms with Crippen LogP contribution < -0.4 is 15.8 Å². The lowest BCUT2D eigenvalue weighted by atomic mass is 10.1. The lowest BCUT2D eigenvalue weighted by Crippen LogP contribution is -2.38. The standard InChI is InChI=1S/C20H23N5O3/c1-14-17(19(27)24-20(23-14)25-7-9-28-10-8-25)5-6-18(26)22-13-16-4-2-3-15(11-16)12-21/h2-4,11H,5-10,13H2,1H3,(H,22,26)(H,23,24,27). The number of nitrogens with zero attached hydrogens (tertiary/aromatic N) is 3. The van der Waals surface area contributed by atoms with Gasteiger partial charge in [-0.05, 0) is 31.0 Å². The van der Waals surface area contributed by atoms with Crippen LogP contribution in [0.5, 0.6) is 0 Å². The minimum Gasteiger partial charge on any atom is -0.378 e. The van der Waals surface area contributed by atoms with Crippen molar-refractivity contribution in [2.75, 3.05) is 31.2 Å². The zero-order chi connectivity index (χ0) is 19.9. The molecule has 1 aromatic heterocycles. The average molecular weight is 381 g/mol. The highest BCUT2D eigenvalue weighted by atomic mass is 16.5. The maximum atomic E-state index is 12.5. The molecule has 28 heavy (non-hydrogen) atoms. The quantitative estimate of drug-likeness (QED) is 0.773. The number of hydrogen-bond acceptors (Lipinski definition) is 6. The van der Waals surface area contributed by atoms with E-state index in [1.807, 2.05) is 11.0 Å². The van der Waals surface area contributed by atoms with E-state index >= 15 is 0 Å². The second kappa shape index (κ2) is 9.15. The summed E-state index contributed by atoms with van der Waals surface area (Å²) in [6.07, 6.45) is 0.516. The van der Waals surface area contributed by atoms with Crippen LogP contribution in [0.3, 0.4) is 0 Å². The lowest BCUT2D eigenvalue weighted by molar-refractivity contribution is -0.121. The molecule has 0 radical (unpaired) electrons. The number of rotatable bonds is 6. The van der Waals surface area contributed by atoms with Crippen molar-refractivity contribution >= 4 is 11.9 Å². The fourth-order valence-corrected chi connectivity index (χ4v) is 3.09. The molecular weight excluding hydrogens is 358 g/mol. The Hall–Kier alpha value is -3.18. The van der Waals surface area contributed by atoms with Crippen LogP contribution in [0.1, 0.15) is 28.8 Å². The molecule has 3 rings (SSSR count). The van der Waals surface area contributed by atoms with Gasteiger partial charge in [-0.25, -0.2) is 4.98 Å². The van der Waals surface area contributed by atoms with E-state index in [9.17, 15) is 9.59 Å². The molecule has 1 aromatic carbocycles. The third kappa shape index (κ3) is 4.96. The van der Waals surface area contributed by atoms with Gasteiger partial charge in [0.2, 0.25) is 11.9 Å². The van der Waals surface area contributed by atoms with Crippen molar-refractivity contribution < 1.29 is 9.53 Å². The molecule has 1 fully saturated rings. The first-order valence-corrected chi connectivity index (χ1v) is 9.25. The van der Waals surface area contributed by atoms with Gasteiger partial charge in [0, 0.05) is 37.3 Å². The Labute approximate surface area is 163 Å². The summed E-state index contributed by atoms with van der Waals surface area (Å²) in [4.78, 5) is 33.9. The van der Waals surface area contributed by atoms with Crippen molar-refractivity contribution in [3.05, 3.63) is 57.0 Å². The van der Waals surface area contributed by atoms with Crippen LogP contribution in [0.15, 0.2) is 29.1 Å². The van der Waals surface area contributed by atoms with E-state index in [-0.39, 0.29) is 17.9 Å². The number of aryl methyl sites for hydroxylation is 1. The molecule has 146 valence electrons. The maximum absolute atomic E-state index is 12.5. The third-order valence-corrected chi connectivity index (χ3v) is 4.67. The molecule has 0 saturated carbocycles. The van der Waals surface area contributed by atoms with Gasteiger partial charge >= 0.3 is 0 Å². The van der Waals surface area contributed by atoms with E-state index in [0.717, 1.165) is 5.56 Å². The van der Waals surface area contributed by atoms with E-state index < -0.39 is 0 Å². The van der Waals surface area contributed by atoms with Gasteiger partial charge in [-0.15, -0.1) is 0 Å². The van der Waals surface area contributed by atoms with Crippen LogP contribution in [-0.2, 0) is 22.5 Å². The van der Waals surface area contributed by atoms with Crippen LogP contribution in [0.2, 0.25) is 0 Å². The van der Waals surface area contributed by atoms with Crippen molar-refractivity contribution in [1.82, 2.24) is 15.3 Å². The van der Waals surface area contributed by atoms with Crippen LogP contribution in [-0.4, -0.2) is 42.2 Å². The molecule has 0 spiro atoms. The molecule has 2 aromatic rings. The Kier molecular flexibility index (Phi) is 6.40. The number of aromatic nitrogens is 2. The summed E-state index contributed by atoms with van der Waals surface area (Å²) in [5.74, 6) is 0.398. The number of anilines is 1. The van der Waals surface area contributed by atoms with Gasteiger partial charge in [-0.3, -0.25) is 14.6 Å². The normalized spacial score (nSPS) is 13.8. The second-order valence-electron chi connectivity index (χ2n) is 6.64. The summed E-state index contributed by atoms with van der Waals surface area (Å²) in [7, 11) is 0. The molecule has 2 N–H and O–H groups in total. The SMILES string of the molecule is Cc1nc(N2CCOCC2)[nH]c(=O)c1CCC(=O)NCc1cccc(C#N)c1. The molecule has 1 saturated heterocycles. The molecule has 0 atom stereocenters.